The topological polar surface area (TPSA) is 57.6 Å². The Morgan fingerprint density at radius 2 is 2.06 bits per heavy atom. The highest BCUT2D eigenvalue weighted by Crippen LogP contribution is 2.50. The number of carbonyl (C=O) groups is 2. The van der Waals surface area contributed by atoms with Crippen LogP contribution in [0.5, 0.6) is 0 Å². The van der Waals surface area contributed by atoms with Gasteiger partial charge in [0.1, 0.15) is 5.78 Å². The summed E-state index contributed by atoms with van der Waals surface area (Å²) in [5.41, 5.74) is 0.518. The summed E-state index contributed by atoms with van der Waals surface area (Å²) in [7, 11) is 0. The van der Waals surface area contributed by atoms with Crippen molar-refractivity contribution >= 4 is 11.9 Å². The van der Waals surface area contributed by atoms with Gasteiger partial charge in [0.25, 0.3) is 0 Å². The monoisotopic (exact) mass is 237 g/mol. The van der Waals surface area contributed by atoms with Gasteiger partial charge in [-0.2, -0.15) is 0 Å². The normalized spacial score (nSPS) is 31.8. The third-order valence-electron chi connectivity index (χ3n) is 4.25. The van der Waals surface area contributed by atoms with Crippen LogP contribution in [-0.2, 0) is 4.79 Å². The third kappa shape index (κ3) is 1.75. The molecule has 17 heavy (non-hydrogen) atoms. The van der Waals surface area contributed by atoms with E-state index in [0.717, 1.165) is 12.0 Å². The maximum Gasteiger partial charge on any atom is 0.407 e. The number of amides is 1. The maximum atomic E-state index is 12.0. The van der Waals surface area contributed by atoms with Crippen LogP contribution in [-0.4, -0.2) is 35.0 Å². The molecule has 1 heterocycles. The summed E-state index contributed by atoms with van der Waals surface area (Å²) in [5.74, 6) is 0.269. The number of hydrogen-bond acceptors (Lipinski definition) is 2. The van der Waals surface area contributed by atoms with Gasteiger partial charge in [-0.3, -0.25) is 4.79 Å². The van der Waals surface area contributed by atoms with Crippen molar-refractivity contribution < 1.29 is 14.7 Å². The Bertz CT molecular complexity index is 411. The molecule has 0 aromatic carbocycles. The van der Waals surface area contributed by atoms with Gasteiger partial charge in [-0.15, -0.1) is 0 Å². The van der Waals surface area contributed by atoms with Gasteiger partial charge in [0.2, 0.25) is 0 Å². The van der Waals surface area contributed by atoms with Crippen molar-refractivity contribution in [2.24, 2.45) is 10.8 Å². The molecule has 1 saturated carbocycles. The van der Waals surface area contributed by atoms with Gasteiger partial charge in [0.15, 0.2) is 0 Å². The number of ketones is 1. The highest BCUT2D eigenvalue weighted by atomic mass is 16.4. The SMILES string of the molecule is CC1(C)C(=O)CC[C@]2(C)CN(C(=O)O)CC=C12. The Morgan fingerprint density at radius 1 is 1.41 bits per heavy atom. The molecule has 1 amide bonds. The number of carboxylic acid groups (broad SMARTS) is 1. The van der Waals surface area contributed by atoms with Gasteiger partial charge >= 0.3 is 6.09 Å². The van der Waals surface area contributed by atoms with E-state index < -0.39 is 11.5 Å². The molecule has 94 valence electrons. The zero-order chi connectivity index (χ0) is 12.8. The second-order valence-electron chi connectivity index (χ2n) is 5.89. The van der Waals surface area contributed by atoms with Gasteiger partial charge in [-0.25, -0.2) is 4.79 Å². The lowest BCUT2D eigenvalue weighted by Crippen LogP contribution is -2.51. The summed E-state index contributed by atoms with van der Waals surface area (Å²) >= 11 is 0. The minimum absolute atomic E-state index is 0.173. The molecule has 1 aliphatic carbocycles. The number of Topliss-reactive ketones (excluding diaryl/α,β-unsaturated/α-hetero) is 1. The average Bonchev–Trinajstić information content (AvgIpc) is 2.23. The number of nitrogens with zero attached hydrogens (tertiary/aromatic N) is 1. The van der Waals surface area contributed by atoms with Crippen molar-refractivity contribution in [3.8, 4) is 0 Å². The summed E-state index contributed by atoms with van der Waals surface area (Å²) in [5, 5.41) is 9.05. The largest absolute Gasteiger partial charge is 0.465 e. The van der Waals surface area contributed by atoms with E-state index in [0.29, 0.717) is 19.5 Å². The van der Waals surface area contributed by atoms with Crippen molar-refractivity contribution in [2.45, 2.75) is 33.6 Å². The molecule has 1 aliphatic heterocycles. The van der Waals surface area contributed by atoms with E-state index in [2.05, 4.69) is 6.92 Å². The fraction of sp³-hybridized carbons (Fsp3) is 0.692. The first kappa shape index (κ1) is 12.1. The van der Waals surface area contributed by atoms with Crippen LogP contribution >= 0.6 is 0 Å². The van der Waals surface area contributed by atoms with Crippen molar-refractivity contribution in [3.05, 3.63) is 11.6 Å². The lowest BCUT2D eigenvalue weighted by atomic mass is 9.58. The predicted octanol–water partition coefficient (Wildman–Crippen LogP) is 2.30. The Labute approximate surface area is 101 Å². The van der Waals surface area contributed by atoms with Crippen LogP contribution in [0.4, 0.5) is 4.79 Å². The molecule has 0 unspecified atom stereocenters. The first-order valence-corrected chi connectivity index (χ1v) is 6.00. The summed E-state index contributed by atoms with van der Waals surface area (Å²) in [6, 6.07) is 0. The van der Waals surface area contributed by atoms with Crippen molar-refractivity contribution in [1.29, 1.82) is 0 Å². The maximum absolute atomic E-state index is 12.0. The Kier molecular flexibility index (Phi) is 2.56. The molecule has 0 spiro atoms. The highest BCUT2D eigenvalue weighted by molar-refractivity contribution is 5.89. The van der Waals surface area contributed by atoms with Crippen LogP contribution in [0.3, 0.4) is 0 Å². The van der Waals surface area contributed by atoms with Crippen LogP contribution in [0.15, 0.2) is 11.6 Å². The zero-order valence-electron chi connectivity index (χ0n) is 10.6. The quantitative estimate of drug-likeness (QED) is 0.658. The van der Waals surface area contributed by atoms with E-state index >= 15 is 0 Å². The molecule has 1 atom stereocenters. The Balaban J connectivity index is 2.39. The van der Waals surface area contributed by atoms with Gasteiger partial charge in [-0.1, -0.05) is 18.6 Å². The lowest BCUT2D eigenvalue weighted by molar-refractivity contribution is -0.129. The molecule has 0 aromatic heterocycles. The third-order valence-corrected chi connectivity index (χ3v) is 4.25. The second-order valence-corrected chi connectivity index (χ2v) is 5.89. The summed E-state index contributed by atoms with van der Waals surface area (Å²) in [6.45, 7) is 6.88. The molecule has 2 rings (SSSR count). The van der Waals surface area contributed by atoms with Crippen LogP contribution < -0.4 is 0 Å². The molecule has 4 nitrogen and oxygen atoms in total. The van der Waals surface area contributed by atoms with Crippen molar-refractivity contribution in [3.63, 3.8) is 0 Å². The van der Waals surface area contributed by atoms with Gasteiger partial charge < -0.3 is 10.0 Å². The number of rotatable bonds is 0. The van der Waals surface area contributed by atoms with E-state index in [-0.39, 0.29) is 11.2 Å². The molecular weight excluding hydrogens is 218 g/mol. The van der Waals surface area contributed by atoms with Crippen LogP contribution in [0.2, 0.25) is 0 Å². The molecule has 0 radical (unpaired) electrons. The van der Waals surface area contributed by atoms with Gasteiger partial charge in [-0.05, 0) is 20.3 Å². The van der Waals surface area contributed by atoms with Gasteiger partial charge in [0.05, 0.1) is 0 Å². The van der Waals surface area contributed by atoms with E-state index in [1.165, 1.54) is 4.90 Å². The van der Waals surface area contributed by atoms with E-state index in [1.807, 2.05) is 19.9 Å². The van der Waals surface area contributed by atoms with Crippen molar-refractivity contribution in [1.82, 2.24) is 4.90 Å². The first-order chi connectivity index (χ1) is 7.77. The lowest BCUT2D eigenvalue weighted by Gasteiger charge is -2.49. The van der Waals surface area contributed by atoms with Crippen LogP contribution in [0, 0.1) is 10.8 Å². The minimum atomic E-state index is -0.878. The summed E-state index contributed by atoms with van der Waals surface area (Å²) in [4.78, 5) is 24.4. The van der Waals surface area contributed by atoms with E-state index in [9.17, 15) is 9.59 Å². The highest BCUT2D eigenvalue weighted by Gasteiger charge is 2.48. The Hall–Kier alpha value is -1.32. The second kappa shape index (κ2) is 3.59. The molecule has 0 saturated heterocycles. The molecule has 4 heteroatoms. The Morgan fingerprint density at radius 3 is 2.65 bits per heavy atom. The molecular formula is C13H19NO3. The molecule has 1 fully saturated rings. The molecule has 0 bridgehead atoms. The number of carbonyl (C=O) groups excluding carboxylic acids is 1. The predicted molar refractivity (Wildman–Crippen MR) is 63.8 cm³/mol. The smallest absolute Gasteiger partial charge is 0.407 e. The van der Waals surface area contributed by atoms with E-state index in [1.54, 1.807) is 0 Å². The van der Waals surface area contributed by atoms with Crippen LogP contribution in [0.1, 0.15) is 33.6 Å². The van der Waals surface area contributed by atoms with Crippen molar-refractivity contribution in [2.75, 3.05) is 13.1 Å². The first-order valence-electron chi connectivity index (χ1n) is 6.00. The van der Waals surface area contributed by atoms with E-state index in [4.69, 9.17) is 5.11 Å². The molecule has 0 aromatic rings. The number of fused-ring (bicyclic) bond motifs is 1. The average molecular weight is 237 g/mol. The minimum Gasteiger partial charge on any atom is -0.465 e. The molecule has 1 N–H and O–H groups in total. The fourth-order valence-electron chi connectivity index (χ4n) is 3.24. The standard InChI is InChI=1S/C13H19NO3/c1-12(2)9-5-7-14(11(16)17)8-13(9,3)6-4-10(12)15/h5H,4,6-8H2,1-3H3,(H,16,17)/t13-/m1/s1. The summed E-state index contributed by atoms with van der Waals surface area (Å²) in [6.07, 6.45) is 2.37. The number of hydrogen-bond donors (Lipinski definition) is 1. The molecule has 2 aliphatic rings. The van der Waals surface area contributed by atoms with Crippen LogP contribution in [0.25, 0.3) is 0 Å². The fourth-order valence-corrected chi connectivity index (χ4v) is 3.24. The zero-order valence-corrected chi connectivity index (χ0v) is 10.6. The van der Waals surface area contributed by atoms with Gasteiger partial charge in [0, 0.05) is 30.3 Å². The summed E-state index contributed by atoms with van der Waals surface area (Å²) < 4.78 is 0.